The number of carbonyl (C=O) groups excluding carboxylic acids is 1. The van der Waals surface area contributed by atoms with Gasteiger partial charge in [-0.3, -0.25) is 4.79 Å². The topological polar surface area (TPSA) is 60.8 Å². The number of aryl methyl sites for hydroxylation is 2. The molecular formula is C51H87NO3. The van der Waals surface area contributed by atoms with E-state index in [2.05, 4.69) is 98.4 Å². The molecule has 1 amide bonds. The normalized spacial score (nSPS) is 12.0. The quantitative estimate of drug-likeness (QED) is 0.0779. The van der Waals surface area contributed by atoms with E-state index in [-0.39, 0.29) is 29.7 Å². The Hall–Kier alpha value is -2.49. The van der Waals surface area contributed by atoms with Crippen LogP contribution in [0.2, 0.25) is 0 Å². The second-order valence-corrected chi connectivity index (χ2v) is 18.2. The van der Waals surface area contributed by atoms with Crippen LogP contribution < -0.4 is 0 Å². The van der Waals surface area contributed by atoms with Crippen LogP contribution in [0.1, 0.15) is 255 Å². The molecule has 2 aromatic carbocycles. The van der Waals surface area contributed by atoms with Crippen molar-refractivity contribution in [2.45, 2.75) is 240 Å². The first kappa shape index (κ1) is 48.7. The van der Waals surface area contributed by atoms with Gasteiger partial charge in [-0.15, -0.1) is 0 Å². The Morgan fingerprint density at radius 2 is 0.800 bits per heavy atom. The van der Waals surface area contributed by atoms with Crippen LogP contribution in [0.15, 0.2) is 24.3 Å². The van der Waals surface area contributed by atoms with E-state index in [1.807, 2.05) is 0 Å². The van der Waals surface area contributed by atoms with Crippen molar-refractivity contribution >= 4 is 5.91 Å². The van der Waals surface area contributed by atoms with Crippen molar-refractivity contribution < 1.29 is 15.0 Å². The van der Waals surface area contributed by atoms with E-state index in [1.54, 1.807) is 0 Å². The zero-order valence-electron chi connectivity index (χ0n) is 37.7. The summed E-state index contributed by atoms with van der Waals surface area (Å²) in [6, 6.07) is 8.97. The molecule has 0 fully saturated rings. The fourth-order valence-electron chi connectivity index (χ4n) is 8.29. The van der Waals surface area contributed by atoms with Crippen LogP contribution in [0.25, 0.3) is 0 Å². The highest BCUT2D eigenvalue weighted by atomic mass is 16.3. The smallest absolute Gasteiger partial charge is 0.222 e. The average Bonchev–Trinajstić information content (AvgIpc) is 3.14. The molecular weight excluding hydrogens is 675 g/mol. The number of carbonyl (C=O) groups is 1. The fourth-order valence-corrected chi connectivity index (χ4v) is 8.29. The molecule has 2 aromatic rings. The lowest BCUT2D eigenvalue weighted by Crippen LogP contribution is -2.41. The second-order valence-electron chi connectivity index (χ2n) is 18.2. The van der Waals surface area contributed by atoms with Crippen molar-refractivity contribution in [3.8, 4) is 11.5 Å². The van der Waals surface area contributed by atoms with E-state index in [0.29, 0.717) is 23.8 Å². The van der Waals surface area contributed by atoms with E-state index in [0.717, 1.165) is 80.2 Å². The van der Waals surface area contributed by atoms with Crippen molar-refractivity contribution in [3.05, 3.63) is 57.6 Å². The van der Waals surface area contributed by atoms with Crippen LogP contribution in [-0.2, 0) is 17.6 Å². The van der Waals surface area contributed by atoms with Gasteiger partial charge in [0.05, 0.1) is 0 Å². The molecule has 55 heavy (non-hydrogen) atoms. The number of unbranched alkanes of at least 4 members (excludes halogenated alkanes) is 15. The highest BCUT2D eigenvalue weighted by Gasteiger charge is 2.25. The Morgan fingerprint density at radius 1 is 0.491 bits per heavy atom. The molecule has 314 valence electrons. The molecule has 2 rings (SSSR count). The van der Waals surface area contributed by atoms with Crippen molar-refractivity contribution in [2.75, 3.05) is 6.54 Å². The monoisotopic (exact) mass is 762 g/mol. The first-order valence-corrected chi connectivity index (χ1v) is 23.3. The number of benzene rings is 2. The molecule has 2 N–H and O–H groups in total. The molecule has 0 spiro atoms. The van der Waals surface area contributed by atoms with Gasteiger partial charge in [0.2, 0.25) is 5.91 Å². The van der Waals surface area contributed by atoms with E-state index in [4.69, 9.17) is 0 Å². The molecule has 0 saturated carbocycles. The summed E-state index contributed by atoms with van der Waals surface area (Å²) in [5.74, 6) is 2.18. The zero-order chi connectivity index (χ0) is 40.8. The second kappa shape index (κ2) is 27.2. The minimum Gasteiger partial charge on any atom is -0.507 e. The molecule has 0 unspecified atom stereocenters. The lowest BCUT2D eigenvalue weighted by atomic mass is 9.88. The molecule has 0 aliphatic carbocycles. The summed E-state index contributed by atoms with van der Waals surface area (Å²) < 4.78 is 0. The minimum absolute atomic E-state index is 0.132. The van der Waals surface area contributed by atoms with E-state index in [9.17, 15) is 15.0 Å². The number of rotatable bonds is 30. The Bertz CT molecular complexity index is 1210. The molecule has 4 nitrogen and oxygen atoms in total. The standard InChI is InChI=1S/C51H87NO3/c1-11-13-15-16-17-18-19-20-21-22-23-24-25-26-27-28-49(53)52(33-14-12-2)44(31-29-42-34-45(38(3)4)50(54)46(35-42)39(5)6)32-30-43-36-47(40(7)8)51(55)48(37-43)41(9)10/h34-41,44,54-55H,11-33H2,1-10H3. The fraction of sp³-hybridized carbons (Fsp3) is 0.745. The van der Waals surface area contributed by atoms with Crippen LogP contribution in [-0.4, -0.2) is 33.6 Å². The minimum atomic E-state index is 0.132. The Labute approximate surface area is 340 Å². The average molecular weight is 762 g/mol. The van der Waals surface area contributed by atoms with Gasteiger partial charge in [-0.05, 0) is 95.6 Å². The van der Waals surface area contributed by atoms with Gasteiger partial charge in [0.25, 0.3) is 0 Å². The number of phenolic OH excluding ortho intramolecular Hbond substituents is 2. The van der Waals surface area contributed by atoms with E-state index >= 15 is 0 Å². The predicted molar refractivity (Wildman–Crippen MR) is 239 cm³/mol. The lowest BCUT2D eigenvalue weighted by molar-refractivity contribution is -0.134. The number of nitrogens with zero attached hydrogens (tertiary/aromatic N) is 1. The molecule has 0 radical (unpaired) electrons. The molecule has 0 aliphatic heterocycles. The van der Waals surface area contributed by atoms with Crippen molar-refractivity contribution in [3.63, 3.8) is 0 Å². The number of hydrogen-bond donors (Lipinski definition) is 2. The molecule has 0 atom stereocenters. The largest absolute Gasteiger partial charge is 0.507 e. The third-order valence-corrected chi connectivity index (χ3v) is 12.0. The highest BCUT2D eigenvalue weighted by Crippen LogP contribution is 2.37. The van der Waals surface area contributed by atoms with Gasteiger partial charge in [0, 0.05) is 19.0 Å². The van der Waals surface area contributed by atoms with Crippen molar-refractivity contribution in [2.24, 2.45) is 0 Å². The van der Waals surface area contributed by atoms with Crippen LogP contribution in [0.3, 0.4) is 0 Å². The molecule has 0 bridgehead atoms. The summed E-state index contributed by atoms with van der Waals surface area (Å²) in [5, 5.41) is 22.2. The van der Waals surface area contributed by atoms with Gasteiger partial charge >= 0.3 is 0 Å². The van der Waals surface area contributed by atoms with Crippen LogP contribution in [0.4, 0.5) is 0 Å². The highest BCUT2D eigenvalue weighted by molar-refractivity contribution is 5.76. The molecule has 4 heteroatoms. The maximum Gasteiger partial charge on any atom is 0.222 e. The Kier molecular flexibility index (Phi) is 24.1. The van der Waals surface area contributed by atoms with Gasteiger partial charge in [-0.2, -0.15) is 0 Å². The summed E-state index contributed by atoms with van der Waals surface area (Å²) >= 11 is 0. The van der Waals surface area contributed by atoms with Crippen LogP contribution in [0, 0.1) is 0 Å². The maximum atomic E-state index is 14.2. The number of hydrogen-bond acceptors (Lipinski definition) is 3. The van der Waals surface area contributed by atoms with Crippen molar-refractivity contribution in [1.29, 1.82) is 0 Å². The van der Waals surface area contributed by atoms with Gasteiger partial charge in [0.15, 0.2) is 0 Å². The van der Waals surface area contributed by atoms with Gasteiger partial charge in [-0.25, -0.2) is 0 Å². The maximum absolute atomic E-state index is 14.2. The summed E-state index contributed by atoms with van der Waals surface area (Å²) in [5.41, 5.74) is 6.61. The van der Waals surface area contributed by atoms with Crippen molar-refractivity contribution in [1.82, 2.24) is 4.90 Å². The molecule has 0 saturated heterocycles. The Balaban J connectivity index is 2.13. The third-order valence-electron chi connectivity index (χ3n) is 12.0. The lowest BCUT2D eigenvalue weighted by Gasteiger charge is -2.33. The SMILES string of the molecule is CCCCCCCCCCCCCCCCCC(=O)N(CCCC)C(CCc1cc(C(C)C)c(O)c(C(C)C)c1)CCc1cc(C(C)C)c(O)c(C(C)C)c1. The van der Waals surface area contributed by atoms with Gasteiger partial charge in [0.1, 0.15) is 11.5 Å². The number of aromatic hydroxyl groups is 2. The van der Waals surface area contributed by atoms with Crippen LogP contribution in [0.5, 0.6) is 11.5 Å². The van der Waals surface area contributed by atoms with E-state index < -0.39 is 0 Å². The molecule has 0 heterocycles. The summed E-state index contributed by atoms with van der Waals surface area (Å²) in [7, 11) is 0. The van der Waals surface area contributed by atoms with E-state index in [1.165, 1.54) is 94.6 Å². The summed E-state index contributed by atoms with van der Waals surface area (Å²) in [6.45, 7) is 22.6. The third kappa shape index (κ3) is 17.7. The Morgan fingerprint density at radius 3 is 1.11 bits per heavy atom. The first-order valence-electron chi connectivity index (χ1n) is 23.3. The molecule has 0 aliphatic rings. The number of amides is 1. The predicted octanol–water partition coefficient (Wildman–Crippen LogP) is 15.4. The summed E-state index contributed by atoms with van der Waals surface area (Å²) in [6.07, 6.45) is 26.2. The summed E-state index contributed by atoms with van der Waals surface area (Å²) in [4.78, 5) is 16.4. The number of phenols is 2. The zero-order valence-corrected chi connectivity index (χ0v) is 37.7. The van der Waals surface area contributed by atoms with Gasteiger partial charge in [-0.1, -0.05) is 190 Å². The molecule has 0 aromatic heterocycles. The first-order chi connectivity index (χ1) is 26.3. The van der Waals surface area contributed by atoms with Gasteiger partial charge < -0.3 is 15.1 Å². The van der Waals surface area contributed by atoms with Crippen LogP contribution >= 0.6 is 0 Å².